The Bertz CT molecular complexity index is 897. The molecule has 6 nitrogen and oxygen atoms in total. The Kier molecular flexibility index (Phi) is 7.86. The van der Waals surface area contributed by atoms with E-state index in [4.69, 9.17) is 5.84 Å². The van der Waals surface area contributed by atoms with Crippen LogP contribution in [-0.2, 0) is 16.4 Å². The summed E-state index contributed by atoms with van der Waals surface area (Å²) in [5, 5.41) is 1.68. The van der Waals surface area contributed by atoms with Gasteiger partial charge in [0.25, 0.3) is 0 Å². The molecule has 2 aromatic carbocycles. The smallest absolute Gasteiger partial charge is 0.232 e. The van der Waals surface area contributed by atoms with E-state index in [1.165, 1.54) is 5.56 Å². The Morgan fingerprint density at radius 1 is 1.07 bits per heavy atom. The Labute approximate surface area is 173 Å². The van der Waals surface area contributed by atoms with Gasteiger partial charge in [-0.2, -0.15) is 0 Å². The predicted molar refractivity (Wildman–Crippen MR) is 118 cm³/mol. The first-order chi connectivity index (χ1) is 13.0. The van der Waals surface area contributed by atoms with Crippen LogP contribution in [0.2, 0.25) is 0 Å². The van der Waals surface area contributed by atoms with Gasteiger partial charge >= 0.3 is 0 Å². The Morgan fingerprint density at radius 3 is 2.21 bits per heavy atom. The minimum Gasteiger partial charge on any atom is -0.293 e. The average Bonchev–Trinajstić information content (AvgIpc) is 3.08. The van der Waals surface area contributed by atoms with E-state index in [9.17, 15) is 8.42 Å². The number of nitrogens with zero attached hydrogens (tertiary/aromatic N) is 2. The normalized spacial score (nSPS) is 13.8. The van der Waals surface area contributed by atoms with Gasteiger partial charge in [-0.05, 0) is 36.1 Å². The molecular weight excluding hydrogens is 396 g/mol. The van der Waals surface area contributed by atoms with Gasteiger partial charge in [-0.3, -0.25) is 14.7 Å². The molecule has 0 atom stereocenters. The monoisotopic (exact) mass is 422 g/mol. The number of hydrogen-bond donors (Lipinski definition) is 2. The van der Waals surface area contributed by atoms with Crippen molar-refractivity contribution in [2.24, 2.45) is 10.8 Å². The number of benzene rings is 2. The number of hydrogen-bond acceptors (Lipinski definition) is 5. The summed E-state index contributed by atoms with van der Waals surface area (Å²) in [6, 6.07) is 15.8. The third kappa shape index (κ3) is 5.95. The van der Waals surface area contributed by atoms with Crippen LogP contribution >= 0.6 is 12.4 Å². The van der Waals surface area contributed by atoms with Crippen LogP contribution in [0.4, 0.5) is 5.69 Å². The molecule has 0 fully saturated rings. The van der Waals surface area contributed by atoms with Gasteiger partial charge in [0.05, 0.1) is 18.8 Å². The van der Waals surface area contributed by atoms with Crippen LogP contribution in [-0.4, -0.2) is 38.1 Å². The van der Waals surface area contributed by atoms with Crippen molar-refractivity contribution in [1.82, 2.24) is 5.01 Å². The van der Waals surface area contributed by atoms with E-state index < -0.39 is 10.0 Å². The first kappa shape index (κ1) is 22.2. The van der Waals surface area contributed by atoms with Crippen molar-refractivity contribution in [2.75, 3.05) is 23.6 Å². The number of amidine groups is 1. The maximum Gasteiger partial charge on any atom is 0.232 e. The number of nitrogens with two attached hydrogens (primary N) is 1. The molecular formula is C20H27ClN4O2S. The van der Waals surface area contributed by atoms with Crippen LogP contribution in [0.25, 0.3) is 0 Å². The highest BCUT2D eigenvalue weighted by Crippen LogP contribution is 2.17. The number of anilines is 1. The van der Waals surface area contributed by atoms with E-state index in [1.54, 1.807) is 5.01 Å². The summed E-state index contributed by atoms with van der Waals surface area (Å²) in [6.07, 6.45) is 2.30. The third-order valence-corrected chi connectivity index (χ3v) is 5.86. The summed E-state index contributed by atoms with van der Waals surface area (Å²) < 4.78 is 26.6. The van der Waals surface area contributed by atoms with Crippen LogP contribution in [0.5, 0.6) is 0 Å². The summed E-state index contributed by atoms with van der Waals surface area (Å²) in [6.45, 7) is 3.47. The van der Waals surface area contributed by atoms with Crippen LogP contribution < -0.4 is 10.6 Å². The molecule has 0 aliphatic carbocycles. The van der Waals surface area contributed by atoms with Crippen molar-refractivity contribution in [3.63, 3.8) is 0 Å². The van der Waals surface area contributed by atoms with Crippen LogP contribution in [0.3, 0.4) is 0 Å². The van der Waals surface area contributed by atoms with Gasteiger partial charge in [0.15, 0.2) is 0 Å². The van der Waals surface area contributed by atoms with Crippen molar-refractivity contribution in [1.29, 1.82) is 0 Å². The zero-order chi connectivity index (χ0) is 19.3. The number of nitrogens with one attached hydrogen (secondary N) is 1. The Hall–Kier alpha value is -2.09. The summed E-state index contributed by atoms with van der Waals surface area (Å²) in [7, 11) is -3.26. The largest absolute Gasteiger partial charge is 0.293 e. The SMILES string of the molecule is CCCCS(=O)(=O)Nc1ccc(Cc2ccc(C3=NCCN3N)cc2)cc1.Cl. The fourth-order valence-electron chi connectivity index (χ4n) is 2.98. The van der Waals surface area contributed by atoms with Crippen LogP contribution in [0.1, 0.15) is 36.5 Å². The number of sulfonamides is 1. The zero-order valence-electron chi connectivity index (χ0n) is 16.0. The quantitative estimate of drug-likeness (QED) is 0.639. The van der Waals surface area contributed by atoms with Gasteiger partial charge in [0.1, 0.15) is 5.84 Å². The molecule has 0 aromatic heterocycles. The van der Waals surface area contributed by atoms with E-state index in [-0.39, 0.29) is 18.2 Å². The van der Waals surface area contributed by atoms with Crippen LogP contribution in [0.15, 0.2) is 53.5 Å². The third-order valence-electron chi connectivity index (χ3n) is 4.49. The summed E-state index contributed by atoms with van der Waals surface area (Å²) in [4.78, 5) is 4.42. The Morgan fingerprint density at radius 2 is 1.68 bits per heavy atom. The number of unbranched alkanes of at least 4 members (excludes halogenated alkanes) is 1. The minimum absolute atomic E-state index is 0. The van der Waals surface area contributed by atoms with E-state index in [0.717, 1.165) is 42.9 Å². The summed E-state index contributed by atoms with van der Waals surface area (Å²) >= 11 is 0. The molecule has 0 saturated carbocycles. The van der Waals surface area contributed by atoms with Crippen molar-refractivity contribution < 1.29 is 8.42 Å². The molecule has 28 heavy (non-hydrogen) atoms. The lowest BCUT2D eigenvalue weighted by Gasteiger charge is -2.13. The fraction of sp³-hybridized carbons (Fsp3) is 0.350. The van der Waals surface area contributed by atoms with Gasteiger partial charge < -0.3 is 0 Å². The van der Waals surface area contributed by atoms with Gasteiger partial charge in [-0.1, -0.05) is 49.7 Å². The van der Waals surface area contributed by atoms with Gasteiger partial charge in [0.2, 0.25) is 10.0 Å². The molecule has 0 radical (unpaired) electrons. The molecule has 3 N–H and O–H groups in total. The molecule has 152 valence electrons. The second-order valence-corrected chi connectivity index (χ2v) is 8.59. The molecule has 1 aliphatic rings. The molecule has 0 bridgehead atoms. The topological polar surface area (TPSA) is 87.8 Å². The highest BCUT2D eigenvalue weighted by Gasteiger charge is 2.15. The standard InChI is InChI=1S/C20H26N4O2S.ClH/c1-2-3-14-27(25,26)23-19-10-6-17(7-11-19)15-16-4-8-18(9-5-16)20-22-12-13-24(20)21;/h4-11,23H,2-3,12-15,21H2,1H3;1H. The lowest BCUT2D eigenvalue weighted by Crippen LogP contribution is -2.34. The fourth-order valence-corrected chi connectivity index (χ4v) is 4.25. The molecule has 0 unspecified atom stereocenters. The van der Waals surface area contributed by atoms with Gasteiger partial charge in [-0.25, -0.2) is 14.3 Å². The molecule has 0 amide bonds. The van der Waals surface area contributed by atoms with Crippen molar-refractivity contribution in [2.45, 2.75) is 26.2 Å². The maximum atomic E-state index is 12.0. The molecule has 3 rings (SSSR count). The van der Waals surface area contributed by atoms with Crippen molar-refractivity contribution in [3.8, 4) is 0 Å². The predicted octanol–water partition coefficient (Wildman–Crippen LogP) is 3.18. The van der Waals surface area contributed by atoms with E-state index in [1.807, 2.05) is 43.3 Å². The highest BCUT2D eigenvalue weighted by atomic mass is 35.5. The minimum atomic E-state index is -3.26. The van der Waals surface area contributed by atoms with E-state index in [0.29, 0.717) is 12.1 Å². The first-order valence-electron chi connectivity index (χ1n) is 9.22. The van der Waals surface area contributed by atoms with Crippen molar-refractivity contribution in [3.05, 3.63) is 65.2 Å². The lowest BCUT2D eigenvalue weighted by atomic mass is 10.0. The number of rotatable bonds is 8. The van der Waals surface area contributed by atoms with E-state index in [2.05, 4.69) is 21.8 Å². The first-order valence-corrected chi connectivity index (χ1v) is 10.9. The maximum absolute atomic E-state index is 12.0. The summed E-state index contributed by atoms with van der Waals surface area (Å²) in [5.41, 5.74) is 3.93. The zero-order valence-corrected chi connectivity index (χ0v) is 17.6. The second-order valence-electron chi connectivity index (χ2n) is 6.74. The molecule has 2 aromatic rings. The lowest BCUT2D eigenvalue weighted by molar-refractivity contribution is 0.484. The number of aliphatic imine (C=N–C) groups is 1. The molecule has 1 heterocycles. The molecule has 1 aliphatic heterocycles. The molecule has 0 saturated heterocycles. The van der Waals surface area contributed by atoms with Crippen molar-refractivity contribution >= 4 is 34.0 Å². The van der Waals surface area contributed by atoms with Crippen LogP contribution in [0, 0.1) is 0 Å². The van der Waals surface area contributed by atoms with E-state index >= 15 is 0 Å². The second kappa shape index (κ2) is 9.91. The van der Waals surface area contributed by atoms with Gasteiger partial charge in [0, 0.05) is 11.3 Å². The Balaban J connectivity index is 0.00000280. The molecule has 8 heteroatoms. The van der Waals surface area contributed by atoms with Gasteiger partial charge in [-0.15, -0.1) is 12.4 Å². The average molecular weight is 423 g/mol. The highest BCUT2D eigenvalue weighted by molar-refractivity contribution is 7.92. The number of halogens is 1. The number of hydrazine groups is 1. The summed E-state index contributed by atoms with van der Waals surface area (Å²) in [5.74, 6) is 6.90. The molecule has 0 spiro atoms.